The topological polar surface area (TPSA) is 59.0 Å². The van der Waals surface area contributed by atoms with Crippen LogP contribution in [0.3, 0.4) is 0 Å². The van der Waals surface area contributed by atoms with Crippen LogP contribution in [0.5, 0.6) is 11.5 Å². The fraction of sp³-hybridized carbons (Fsp3) is 0.458. The average molecular weight is 462 g/mol. The van der Waals surface area contributed by atoms with Crippen molar-refractivity contribution in [1.29, 1.82) is 0 Å². The maximum atomic E-state index is 11.0. The van der Waals surface area contributed by atoms with Gasteiger partial charge in [0.25, 0.3) is 0 Å². The van der Waals surface area contributed by atoms with E-state index >= 15 is 0 Å². The molecular weight excluding hydrogens is 437 g/mol. The molecule has 2 fully saturated rings. The number of halogens is 2. The van der Waals surface area contributed by atoms with Crippen LogP contribution in [0.1, 0.15) is 48.3 Å². The summed E-state index contributed by atoms with van der Waals surface area (Å²) < 4.78 is 12.0. The molecule has 5 nitrogen and oxygen atoms in total. The molecule has 5 rings (SSSR count). The minimum absolute atomic E-state index is 0.0336. The summed E-state index contributed by atoms with van der Waals surface area (Å²) in [4.78, 5) is 13.0. The molecule has 1 spiro atoms. The third-order valence-corrected chi connectivity index (χ3v) is 7.47. The summed E-state index contributed by atoms with van der Waals surface area (Å²) in [6, 6.07) is 10.0. The first kappa shape index (κ1) is 20.9. The zero-order valence-corrected chi connectivity index (χ0v) is 18.7. The van der Waals surface area contributed by atoms with Gasteiger partial charge in [-0.15, -0.1) is 0 Å². The van der Waals surface area contributed by atoms with E-state index in [1.807, 2.05) is 29.2 Å². The van der Waals surface area contributed by atoms with Crippen molar-refractivity contribution < 1.29 is 19.4 Å². The van der Waals surface area contributed by atoms with Crippen molar-refractivity contribution in [3.8, 4) is 11.5 Å². The first-order valence-electron chi connectivity index (χ1n) is 10.8. The van der Waals surface area contributed by atoms with Crippen LogP contribution in [0, 0.1) is 0 Å². The van der Waals surface area contributed by atoms with E-state index in [-0.39, 0.29) is 12.0 Å². The molecule has 0 atom stereocenters. The highest BCUT2D eigenvalue weighted by atomic mass is 35.5. The zero-order valence-electron chi connectivity index (χ0n) is 17.2. The van der Waals surface area contributed by atoms with E-state index in [2.05, 4.69) is 6.07 Å². The van der Waals surface area contributed by atoms with Gasteiger partial charge in [0.15, 0.2) is 0 Å². The van der Waals surface area contributed by atoms with Crippen LogP contribution in [-0.4, -0.2) is 42.2 Å². The van der Waals surface area contributed by atoms with E-state index in [0.717, 1.165) is 43.0 Å². The number of hydrogen-bond acceptors (Lipinski definition) is 4. The SMILES string of the molecule is O=C(O)CN1CCC2(CC1)COc1cc(OCc3c(Cl)cc(C4CC4)cc3Cl)ccc12. The molecule has 1 N–H and O–H groups in total. The number of piperidine rings is 1. The molecule has 1 saturated heterocycles. The van der Waals surface area contributed by atoms with Gasteiger partial charge in [-0.1, -0.05) is 29.3 Å². The van der Waals surface area contributed by atoms with Gasteiger partial charge in [-0.25, -0.2) is 0 Å². The lowest BCUT2D eigenvalue weighted by Crippen LogP contribution is -2.45. The second-order valence-corrected chi connectivity index (χ2v) is 9.74. The molecule has 0 aromatic heterocycles. The molecule has 2 aromatic carbocycles. The van der Waals surface area contributed by atoms with Crippen LogP contribution in [0.2, 0.25) is 10.0 Å². The lowest BCUT2D eigenvalue weighted by molar-refractivity contribution is -0.138. The Morgan fingerprint density at radius 2 is 1.87 bits per heavy atom. The largest absolute Gasteiger partial charge is 0.492 e. The van der Waals surface area contributed by atoms with Gasteiger partial charge in [-0.3, -0.25) is 9.69 Å². The molecule has 3 aliphatic rings. The van der Waals surface area contributed by atoms with E-state index in [0.29, 0.717) is 29.2 Å². The van der Waals surface area contributed by atoms with E-state index in [4.69, 9.17) is 37.8 Å². The Kier molecular flexibility index (Phi) is 5.53. The van der Waals surface area contributed by atoms with E-state index in [1.165, 1.54) is 24.0 Å². The standard InChI is InChI=1S/C24H25Cl2NO4/c25-20-9-16(15-1-2-15)10-21(26)18(20)13-30-17-3-4-19-22(11-17)31-14-24(19)5-7-27(8-6-24)12-23(28)29/h3-4,9-11,15H,1-2,5-8,12-14H2,(H,28,29). The van der Waals surface area contributed by atoms with E-state index < -0.39 is 5.97 Å². The number of nitrogens with zero attached hydrogens (tertiary/aromatic N) is 1. The normalized spacial score (nSPS) is 19.8. The summed E-state index contributed by atoms with van der Waals surface area (Å²) in [7, 11) is 0. The molecule has 1 aliphatic carbocycles. The molecule has 31 heavy (non-hydrogen) atoms. The first-order valence-corrected chi connectivity index (χ1v) is 11.5. The van der Waals surface area contributed by atoms with Crippen molar-refractivity contribution in [2.45, 2.75) is 43.6 Å². The van der Waals surface area contributed by atoms with Gasteiger partial charge >= 0.3 is 5.97 Å². The number of carbonyl (C=O) groups is 1. The minimum atomic E-state index is -0.775. The Morgan fingerprint density at radius 1 is 1.16 bits per heavy atom. The maximum absolute atomic E-state index is 11.0. The monoisotopic (exact) mass is 461 g/mol. The molecule has 2 aromatic rings. The molecule has 0 radical (unpaired) electrons. The number of carboxylic acids is 1. The van der Waals surface area contributed by atoms with Crippen LogP contribution in [0.15, 0.2) is 30.3 Å². The third-order valence-electron chi connectivity index (χ3n) is 6.80. The zero-order chi connectivity index (χ0) is 21.6. The molecular formula is C24H25Cl2NO4. The average Bonchev–Trinajstić information content (AvgIpc) is 3.53. The predicted molar refractivity (Wildman–Crippen MR) is 120 cm³/mol. The Balaban J connectivity index is 1.26. The molecule has 164 valence electrons. The van der Waals surface area contributed by atoms with Gasteiger partial charge in [0.2, 0.25) is 0 Å². The first-order chi connectivity index (χ1) is 14.9. The summed E-state index contributed by atoms with van der Waals surface area (Å²) in [6.07, 6.45) is 4.20. The number of rotatable bonds is 6. The number of ether oxygens (including phenoxy) is 2. The second kappa shape index (κ2) is 8.19. The Bertz CT molecular complexity index is 990. The predicted octanol–water partition coefficient (Wildman–Crippen LogP) is 5.26. The highest BCUT2D eigenvalue weighted by molar-refractivity contribution is 6.36. The van der Waals surface area contributed by atoms with Gasteiger partial charge in [-0.05, 0) is 68.5 Å². The summed E-state index contributed by atoms with van der Waals surface area (Å²) >= 11 is 13.0. The summed E-state index contributed by atoms with van der Waals surface area (Å²) in [5.74, 6) is 1.40. The van der Waals surface area contributed by atoms with E-state index in [1.54, 1.807) is 0 Å². The molecule has 2 aliphatic heterocycles. The quantitative estimate of drug-likeness (QED) is 0.635. The number of carboxylic acid groups (broad SMARTS) is 1. The summed E-state index contributed by atoms with van der Waals surface area (Å²) in [5.41, 5.74) is 3.18. The lowest BCUT2D eigenvalue weighted by atomic mass is 9.74. The van der Waals surface area contributed by atoms with Gasteiger partial charge in [-0.2, -0.15) is 0 Å². The highest BCUT2D eigenvalue weighted by Crippen LogP contribution is 2.47. The van der Waals surface area contributed by atoms with Crippen LogP contribution >= 0.6 is 23.2 Å². The van der Waals surface area contributed by atoms with Crippen molar-refractivity contribution in [3.63, 3.8) is 0 Å². The fourth-order valence-corrected chi connectivity index (χ4v) is 5.37. The molecule has 2 heterocycles. The number of likely N-dealkylation sites (tertiary alicyclic amines) is 1. The summed E-state index contributed by atoms with van der Waals surface area (Å²) in [5, 5.41) is 10.3. The second-order valence-electron chi connectivity index (χ2n) is 8.92. The van der Waals surface area contributed by atoms with Crippen molar-refractivity contribution in [1.82, 2.24) is 4.90 Å². The summed E-state index contributed by atoms with van der Waals surface area (Å²) in [6.45, 7) is 2.56. The van der Waals surface area contributed by atoms with Gasteiger partial charge in [0.05, 0.1) is 13.2 Å². The third kappa shape index (κ3) is 4.23. The molecule has 7 heteroatoms. The van der Waals surface area contributed by atoms with Gasteiger partial charge < -0.3 is 14.6 Å². The van der Waals surface area contributed by atoms with Gasteiger partial charge in [0, 0.05) is 32.7 Å². The van der Waals surface area contributed by atoms with Crippen LogP contribution in [0.4, 0.5) is 0 Å². The maximum Gasteiger partial charge on any atom is 0.317 e. The van der Waals surface area contributed by atoms with Crippen molar-refractivity contribution in [2.75, 3.05) is 26.2 Å². The van der Waals surface area contributed by atoms with Gasteiger partial charge in [0.1, 0.15) is 18.1 Å². The van der Waals surface area contributed by atoms with Crippen molar-refractivity contribution >= 4 is 29.2 Å². The number of fused-ring (bicyclic) bond motifs is 2. The molecule has 0 amide bonds. The lowest BCUT2D eigenvalue weighted by Gasteiger charge is -2.37. The Hall–Kier alpha value is -1.95. The molecule has 1 saturated carbocycles. The van der Waals surface area contributed by atoms with Crippen molar-refractivity contribution in [3.05, 3.63) is 57.1 Å². The minimum Gasteiger partial charge on any atom is -0.492 e. The fourth-order valence-electron chi connectivity index (χ4n) is 4.76. The van der Waals surface area contributed by atoms with E-state index in [9.17, 15) is 4.79 Å². The molecule has 0 bridgehead atoms. The number of hydrogen-bond donors (Lipinski definition) is 1. The Labute approximate surface area is 191 Å². The molecule has 0 unspecified atom stereocenters. The van der Waals surface area contributed by atoms with Crippen LogP contribution in [-0.2, 0) is 16.8 Å². The van der Waals surface area contributed by atoms with Crippen LogP contribution < -0.4 is 9.47 Å². The van der Waals surface area contributed by atoms with Crippen molar-refractivity contribution in [2.24, 2.45) is 0 Å². The highest BCUT2D eigenvalue weighted by Gasteiger charge is 2.43. The number of aliphatic carboxylic acids is 1. The number of benzene rings is 2. The smallest absolute Gasteiger partial charge is 0.317 e. The van der Waals surface area contributed by atoms with Crippen LogP contribution in [0.25, 0.3) is 0 Å². The Morgan fingerprint density at radius 3 is 2.52 bits per heavy atom.